The minimum absolute atomic E-state index is 0.175. The van der Waals surface area contributed by atoms with E-state index in [0.29, 0.717) is 6.07 Å². The van der Waals surface area contributed by atoms with Crippen molar-refractivity contribution in [3.63, 3.8) is 0 Å². The van der Waals surface area contributed by atoms with Crippen molar-refractivity contribution in [1.29, 1.82) is 5.26 Å². The second-order valence-electron chi connectivity index (χ2n) is 2.93. The van der Waals surface area contributed by atoms with E-state index in [-0.39, 0.29) is 17.4 Å². The monoisotopic (exact) mass is 223 g/mol. The quantitative estimate of drug-likeness (QED) is 0.732. The number of carbonyl (C=O) groups excluding carboxylic acids is 1. The van der Waals surface area contributed by atoms with E-state index in [1.807, 2.05) is 0 Å². The van der Waals surface area contributed by atoms with E-state index in [9.17, 15) is 19.1 Å². The Balaban J connectivity index is 3.43. The third kappa shape index (κ3) is 2.04. The number of rotatable bonds is 3. The first-order valence-electron chi connectivity index (χ1n) is 4.10. The summed E-state index contributed by atoms with van der Waals surface area (Å²) in [4.78, 5) is 20.9. The smallest absolute Gasteiger partial charge is 0.337 e. The van der Waals surface area contributed by atoms with Crippen LogP contribution in [0.3, 0.4) is 0 Å². The Kier molecular flexibility index (Phi) is 3.33. The molecule has 0 saturated heterocycles. The SMILES string of the molecule is N#Cc1cc(F)c(C=O)cc1C(O)C(=O)O. The third-order valence-electron chi connectivity index (χ3n) is 1.94. The summed E-state index contributed by atoms with van der Waals surface area (Å²) in [7, 11) is 0. The van der Waals surface area contributed by atoms with Crippen molar-refractivity contribution in [2.45, 2.75) is 6.10 Å². The van der Waals surface area contributed by atoms with E-state index < -0.39 is 23.5 Å². The van der Waals surface area contributed by atoms with Gasteiger partial charge in [0.15, 0.2) is 12.4 Å². The first-order chi connectivity index (χ1) is 7.51. The second-order valence-corrected chi connectivity index (χ2v) is 2.93. The van der Waals surface area contributed by atoms with E-state index in [2.05, 4.69) is 0 Å². The zero-order valence-electron chi connectivity index (χ0n) is 7.85. The van der Waals surface area contributed by atoms with Crippen LogP contribution in [0, 0.1) is 17.1 Å². The highest BCUT2D eigenvalue weighted by Crippen LogP contribution is 2.21. The Morgan fingerprint density at radius 2 is 2.19 bits per heavy atom. The summed E-state index contributed by atoms with van der Waals surface area (Å²) in [6.07, 6.45) is -1.79. The summed E-state index contributed by atoms with van der Waals surface area (Å²) in [5.74, 6) is -2.52. The summed E-state index contributed by atoms with van der Waals surface area (Å²) in [5, 5.41) is 26.4. The molecule has 5 nitrogen and oxygen atoms in total. The van der Waals surface area contributed by atoms with Crippen molar-refractivity contribution in [3.05, 3.63) is 34.6 Å². The molecular weight excluding hydrogens is 217 g/mol. The largest absolute Gasteiger partial charge is 0.479 e. The lowest BCUT2D eigenvalue weighted by molar-refractivity contribution is -0.146. The lowest BCUT2D eigenvalue weighted by atomic mass is 10.00. The summed E-state index contributed by atoms with van der Waals surface area (Å²) >= 11 is 0. The molecule has 0 aromatic heterocycles. The number of nitriles is 1. The normalized spacial score (nSPS) is 11.6. The van der Waals surface area contributed by atoms with Crippen LogP contribution in [-0.4, -0.2) is 22.5 Å². The van der Waals surface area contributed by atoms with Gasteiger partial charge in [-0.25, -0.2) is 9.18 Å². The topological polar surface area (TPSA) is 98.4 Å². The van der Waals surface area contributed by atoms with E-state index in [1.54, 1.807) is 6.07 Å². The van der Waals surface area contributed by atoms with Crippen molar-refractivity contribution in [1.82, 2.24) is 0 Å². The van der Waals surface area contributed by atoms with Gasteiger partial charge in [-0.1, -0.05) is 0 Å². The van der Waals surface area contributed by atoms with Gasteiger partial charge < -0.3 is 10.2 Å². The standard InChI is InChI=1S/C10H6FNO4/c11-8-2-5(3-12)7(1-6(8)4-13)9(14)10(15)16/h1-2,4,9,14H,(H,15,16). The van der Waals surface area contributed by atoms with Gasteiger partial charge in [-0.05, 0) is 12.1 Å². The van der Waals surface area contributed by atoms with Crippen LogP contribution in [-0.2, 0) is 4.79 Å². The maximum absolute atomic E-state index is 13.1. The number of hydrogen-bond acceptors (Lipinski definition) is 4. The predicted octanol–water partition coefficient (Wildman–Crippen LogP) is 0.628. The van der Waals surface area contributed by atoms with Gasteiger partial charge in [0.2, 0.25) is 0 Å². The van der Waals surface area contributed by atoms with Crippen molar-refractivity contribution in [2.75, 3.05) is 0 Å². The number of halogens is 1. The zero-order chi connectivity index (χ0) is 12.3. The van der Waals surface area contributed by atoms with E-state index in [4.69, 9.17) is 10.4 Å². The van der Waals surface area contributed by atoms with Crippen LogP contribution in [0.25, 0.3) is 0 Å². The second kappa shape index (κ2) is 4.51. The van der Waals surface area contributed by atoms with E-state index in [0.717, 1.165) is 6.07 Å². The summed E-state index contributed by atoms with van der Waals surface area (Å²) in [5.41, 5.74) is -1.04. The van der Waals surface area contributed by atoms with Crippen LogP contribution in [0.5, 0.6) is 0 Å². The van der Waals surface area contributed by atoms with Gasteiger partial charge in [0.25, 0.3) is 0 Å². The number of aliphatic carboxylic acids is 1. The minimum Gasteiger partial charge on any atom is -0.479 e. The fraction of sp³-hybridized carbons (Fsp3) is 0.100. The molecule has 0 fully saturated rings. The van der Waals surface area contributed by atoms with E-state index in [1.165, 1.54) is 0 Å². The number of aldehydes is 1. The summed E-state index contributed by atoms with van der Waals surface area (Å²) in [6, 6.07) is 3.10. The van der Waals surface area contributed by atoms with Gasteiger partial charge in [-0.15, -0.1) is 0 Å². The van der Waals surface area contributed by atoms with Gasteiger partial charge in [-0.3, -0.25) is 4.79 Å². The molecule has 16 heavy (non-hydrogen) atoms. The molecule has 0 aliphatic carbocycles. The average molecular weight is 223 g/mol. The Morgan fingerprint density at radius 1 is 1.56 bits per heavy atom. The Morgan fingerprint density at radius 3 is 2.62 bits per heavy atom. The number of hydrogen-bond donors (Lipinski definition) is 2. The predicted molar refractivity (Wildman–Crippen MR) is 49.1 cm³/mol. The first-order valence-corrected chi connectivity index (χ1v) is 4.10. The van der Waals surface area contributed by atoms with Crippen molar-refractivity contribution >= 4 is 12.3 Å². The molecule has 0 amide bonds. The Labute approximate surface area is 89.4 Å². The molecule has 0 radical (unpaired) electrons. The molecule has 0 bridgehead atoms. The third-order valence-corrected chi connectivity index (χ3v) is 1.94. The molecule has 0 aliphatic heterocycles. The molecule has 82 valence electrons. The molecular formula is C10H6FNO4. The number of carbonyl (C=O) groups is 2. The number of aliphatic hydroxyl groups is 1. The fourth-order valence-electron chi connectivity index (χ4n) is 1.15. The molecule has 1 unspecified atom stereocenters. The lowest BCUT2D eigenvalue weighted by Crippen LogP contribution is -2.13. The van der Waals surface area contributed by atoms with Gasteiger partial charge >= 0.3 is 5.97 Å². The molecule has 1 atom stereocenters. The van der Waals surface area contributed by atoms with Gasteiger partial charge in [0.05, 0.1) is 17.2 Å². The van der Waals surface area contributed by atoms with Crippen LogP contribution in [0.15, 0.2) is 12.1 Å². The molecule has 0 aliphatic rings. The van der Waals surface area contributed by atoms with Crippen LogP contribution >= 0.6 is 0 Å². The lowest BCUT2D eigenvalue weighted by Gasteiger charge is -2.08. The van der Waals surface area contributed by atoms with Crippen molar-refractivity contribution in [2.24, 2.45) is 0 Å². The Hall–Kier alpha value is -2.26. The highest BCUT2D eigenvalue weighted by Gasteiger charge is 2.21. The zero-order valence-corrected chi connectivity index (χ0v) is 7.85. The number of nitrogens with zero attached hydrogens (tertiary/aromatic N) is 1. The number of carboxylic acid groups (broad SMARTS) is 1. The van der Waals surface area contributed by atoms with Crippen molar-refractivity contribution in [3.8, 4) is 6.07 Å². The average Bonchev–Trinajstić information content (AvgIpc) is 2.27. The Bertz CT molecular complexity index is 492. The van der Waals surface area contributed by atoms with Crippen LogP contribution in [0.2, 0.25) is 0 Å². The molecule has 2 N–H and O–H groups in total. The molecule has 0 saturated carbocycles. The van der Waals surface area contributed by atoms with E-state index >= 15 is 0 Å². The maximum Gasteiger partial charge on any atom is 0.337 e. The first kappa shape index (κ1) is 11.8. The molecule has 1 rings (SSSR count). The van der Waals surface area contributed by atoms with Crippen LogP contribution < -0.4 is 0 Å². The highest BCUT2D eigenvalue weighted by molar-refractivity contribution is 5.79. The van der Waals surface area contributed by atoms with Crippen LogP contribution in [0.4, 0.5) is 4.39 Å². The minimum atomic E-state index is -1.96. The van der Waals surface area contributed by atoms with Gasteiger partial charge in [0.1, 0.15) is 5.82 Å². The molecule has 0 spiro atoms. The molecule has 0 heterocycles. The maximum atomic E-state index is 13.1. The number of carboxylic acids is 1. The molecule has 1 aromatic rings. The molecule has 6 heteroatoms. The summed E-state index contributed by atoms with van der Waals surface area (Å²) < 4.78 is 13.1. The van der Waals surface area contributed by atoms with Gasteiger partial charge in [0, 0.05) is 5.56 Å². The van der Waals surface area contributed by atoms with Crippen molar-refractivity contribution < 1.29 is 24.2 Å². The highest BCUT2D eigenvalue weighted by atomic mass is 19.1. The van der Waals surface area contributed by atoms with Gasteiger partial charge in [-0.2, -0.15) is 5.26 Å². The number of benzene rings is 1. The van der Waals surface area contributed by atoms with Crippen LogP contribution in [0.1, 0.15) is 27.6 Å². The summed E-state index contributed by atoms with van der Waals surface area (Å²) in [6.45, 7) is 0. The fourth-order valence-corrected chi connectivity index (χ4v) is 1.15. The number of aliphatic hydroxyl groups excluding tert-OH is 1. The molecule has 1 aromatic carbocycles.